The Labute approximate surface area is 187 Å². The molecule has 0 aliphatic carbocycles. The van der Waals surface area contributed by atoms with Crippen LogP contribution in [-0.2, 0) is 9.53 Å². The minimum Gasteiger partial charge on any atom is -0.493 e. The molecule has 1 aliphatic rings. The second-order valence-electron chi connectivity index (χ2n) is 7.95. The molecule has 0 saturated carbocycles. The third-order valence-electron chi connectivity index (χ3n) is 4.84. The number of hydrogen-bond acceptors (Lipinski definition) is 7. The Morgan fingerprint density at radius 1 is 1.28 bits per heavy atom. The van der Waals surface area contributed by atoms with Gasteiger partial charge in [-0.15, -0.1) is 0 Å². The number of benzene rings is 1. The molecule has 0 bridgehead atoms. The number of allylic oxidation sites excluding steroid dienone is 1. The first-order valence-electron chi connectivity index (χ1n) is 10.6. The van der Waals surface area contributed by atoms with E-state index < -0.39 is 23.0 Å². The number of carbonyl (C=O) groups is 2. The fourth-order valence-corrected chi connectivity index (χ4v) is 3.27. The third-order valence-corrected chi connectivity index (χ3v) is 4.84. The molecule has 0 spiro atoms. The molecule has 32 heavy (non-hydrogen) atoms. The Hall–Kier alpha value is -3.30. The minimum absolute atomic E-state index is 0.0160. The zero-order valence-corrected chi connectivity index (χ0v) is 19.1. The average Bonchev–Trinajstić information content (AvgIpc) is 2.74. The van der Waals surface area contributed by atoms with Crippen LogP contribution in [0.1, 0.15) is 58.6 Å². The molecular formula is C22H31N3O7. The van der Waals surface area contributed by atoms with Crippen molar-refractivity contribution < 1.29 is 28.7 Å². The van der Waals surface area contributed by atoms with Crippen molar-refractivity contribution in [2.45, 2.75) is 53.0 Å². The molecule has 2 N–H and O–H groups in total. The Balaban J connectivity index is 2.49. The van der Waals surface area contributed by atoms with Gasteiger partial charge in [-0.1, -0.05) is 33.6 Å². The number of urea groups is 1. The first-order valence-corrected chi connectivity index (χ1v) is 10.6. The topological polar surface area (TPSA) is 129 Å². The molecule has 1 aliphatic heterocycles. The van der Waals surface area contributed by atoms with Gasteiger partial charge in [-0.3, -0.25) is 10.1 Å². The lowest BCUT2D eigenvalue weighted by molar-refractivity contribution is -0.386. The van der Waals surface area contributed by atoms with Crippen LogP contribution >= 0.6 is 0 Å². The lowest BCUT2D eigenvalue weighted by Crippen LogP contribution is -2.45. The van der Waals surface area contributed by atoms with Crippen molar-refractivity contribution in [3.8, 4) is 11.5 Å². The second-order valence-corrected chi connectivity index (χ2v) is 7.95. The number of unbranched alkanes of at least 4 members (excludes halogenated alkanes) is 2. The largest absolute Gasteiger partial charge is 0.493 e. The Kier molecular flexibility index (Phi) is 8.86. The van der Waals surface area contributed by atoms with E-state index in [9.17, 15) is 19.7 Å². The van der Waals surface area contributed by atoms with Crippen molar-refractivity contribution in [2.24, 2.45) is 5.92 Å². The highest BCUT2D eigenvalue weighted by Gasteiger charge is 2.35. The molecule has 0 fully saturated rings. The van der Waals surface area contributed by atoms with Gasteiger partial charge in [-0.05, 0) is 30.9 Å². The van der Waals surface area contributed by atoms with E-state index in [0.29, 0.717) is 17.9 Å². The third kappa shape index (κ3) is 6.12. The highest BCUT2D eigenvalue weighted by Crippen LogP contribution is 2.41. The summed E-state index contributed by atoms with van der Waals surface area (Å²) in [5, 5.41) is 17.0. The standard InChI is InChI=1S/C22H31N3O7/c1-6-7-8-9-31-20-16(25(28)29)10-15(11-17(20)30-5)19-18(14(4)23-22(27)24-19)21(26)32-12-13(2)3/h10-11,13,19H,6-9,12H2,1-5H3,(H2,23,24,27). The predicted octanol–water partition coefficient (Wildman–Crippen LogP) is 4.00. The van der Waals surface area contributed by atoms with Crippen LogP contribution < -0.4 is 20.1 Å². The van der Waals surface area contributed by atoms with Crippen molar-refractivity contribution in [3.05, 3.63) is 39.1 Å². The number of carbonyl (C=O) groups excluding carboxylic acids is 2. The summed E-state index contributed by atoms with van der Waals surface area (Å²) in [6.07, 6.45) is 2.66. The van der Waals surface area contributed by atoms with Gasteiger partial charge in [0.05, 0.1) is 36.9 Å². The molecule has 1 unspecified atom stereocenters. The summed E-state index contributed by atoms with van der Waals surface area (Å²) in [4.78, 5) is 36.2. The van der Waals surface area contributed by atoms with Crippen LogP contribution in [0, 0.1) is 16.0 Å². The van der Waals surface area contributed by atoms with Crippen molar-refractivity contribution in [3.63, 3.8) is 0 Å². The minimum atomic E-state index is -0.954. The van der Waals surface area contributed by atoms with Gasteiger partial charge in [-0.25, -0.2) is 9.59 Å². The molecular weight excluding hydrogens is 418 g/mol. The van der Waals surface area contributed by atoms with Crippen LogP contribution in [0.2, 0.25) is 0 Å². The lowest BCUT2D eigenvalue weighted by atomic mass is 9.94. The molecule has 1 aromatic carbocycles. The smallest absolute Gasteiger partial charge is 0.338 e. The highest BCUT2D eigenvalue weighted by atomic mass is 16.6. The Bertz CT molecular complexity index is 896. The lowest BCUT2D eigenvalue weighted by Gasteiger charge is -2.28. The van der Waals surface area contributed by atoms with E-state index in [1.54, 1.807) is 6.92 Å². The maximum Gasteiger partial charge on any atom is 0.338 e. The zero-order chi connectivity index (χ0) is 23.8. The first-order chi connectivity index (χ1) is 15.2. The van der Waals surface area contributed by atoms with Crippen molar-refractivity contribution in [2.75, 3.05) is 20.3 Å². The van der Waals surface area contributed by atoms with E-state index >= 15 is 0 Å². The molecule has 1 heterocycles. The van der Waals surface area contributed by atoms with Crippen LogP contribution in [0.5, 0.6) is 11.5 Å². The van der Waals surface area contributed by atoms with Crippen LogP contribution in [0.3, 0.4) is 0 Å². The number of nitrogens with one attached hydrogen (secondary N) is 2. The molecule has 176 valence electrons. The molecule has 1 atom stereocenters. The maximum atomic E-state index is 12.8. The summed E-state index contributed by atoms with van der Waals surface area (Å²) >= 11 is 0. The van der Waals surface area contributed by atoms with Gasteiger partial charge < -0.3 is 24.8 Å². The van der Waals surface area contributed by atoms with Gasteiger partial charge in [0.1, 0.15) is 0 Å². The van der Waals surface area contributed by atoms with E-state index in [0.717, 1.165) is 19.3 Å². The van der Waals surface area contributed by atoms with Gasteiger partial charge in [0.25, 0.3) is 0 Å². The molecule has 1 aromatic rings. The normalized spacial score (nSPS) is 15.8. The maximum absolute atomic E-state index is 12.8. The first kappa shape index (κ1) is 25.0. The van der Waals surface area contributed by atoms with Gasteiger partial charge in [-0.2, -0.15) is 0 Å². The van der Waals surface area contributed by atoms with Gasteiger partial charge in [0.2, 0.25) is 5.75 Å². The molecule has 0 aromatic heterocycles. The molecule has 10 heteroatoms. The van der Waals surface area contributed by atoms with Crippen molar-refractivity contribution >= 4 is 17.7 Å². The predicted molar refractivity (Wildman–Crippen MR) is 118 cm³/mol. The van der Waals surface area contributed by atoms with E-state index in [-0.39, 0.29) is 35.3 Å². The van der Waals surface area contributed by atoms with Crippen LogP contribution in [-0.4, -0.2) is 37.2 Å². The van der Waals surface area contributed by atoms with Gasteiger partial charge >= 0.3 is 17.7 Å². The summed E-state index contributed by atoms with van der Waals surface area (Å²) in [5.41, 5.74) is 0.476. The SMILES string of the molecule is CCCCCOc1c(OC)cc(C2NC(=O)NC(C)=C2C(=O)OCC(C)C)cc1[N+](=O)[O-]. The van der Waals surface area contributed by atoms with E-state index in [1.807, 2.05) is 20.8 Å². The Morgan fingerprint density at radius 2 is 2.00 bits per heavy atom. The van der Waals surface area contributed by atoms with Crippen LogP contribution in [0.4, 0.5) is 10.5 Å². The number of esters is 1. The summed E-state index contributed by atoms with van der Waals surface area (Å²) in [7, 11) is 1.38. The zero-order valence-electron chi connectivity index (χ0n) is 19.1. The number of rotatable bonds is 11. The molecule has 10 nitrogen and oxygen atoms in total. The monoisotopic (exact) mass is 449 g/mol. The Morgan fingerprint density at radius 3 is 2.59 bits per heavy atom. The van der Waals surface area contributed by atoms with Crippen molar-refractivity contribution in [1.29, 1.82) is 0 Å². The fourth-order valence-electron chi connectivity index (χ4n) is 3.27. The van der Waals surface area contributed by atoms with Crippen molar-refractivity contribution in [1.82, 2.24) is 10.6 Å². The van der Waals surface area contributed by atoms with E-state index in [1.165, 1.54) is 19.2 Å². The number of amides is 2. The number of hydrogen-bond donors (Lipinski definition) is 2. The van der Waals surface area contributed by atoms with Gasteiger partial charge in [0.15, 0.2) is 5.75 Å². The highest BCUT2D eigenvalue weighted by molar-refractivity contribution is 5.95. The quantitative estimate of drug-likeness (QED) is 0.226. The van der Waals surface area contributed by atoms with E-state index in [2.05, 4.69) is 10.6 Å². The number of nitro benzene ring substituents is 1. The molecule has 2 amide bonds. The summed E-state index contributed by atoms with van der Waals surface area (Å²) in [5.74, 6) is -0.335. The molecule has 0 saturated heterocycles. The molecule has 2 rings (SSSR count). The number of nitrogens with zero attached hydrogens (tertiary/aromatic N) is 1. The fraction of sp³-hybridized carbons (Fsp3) is 0.545. The summed E-state index contributed by atoms with van der Waals surface area (Å²) < 4.78 is 16.4. The summed E-state index contributed by atoms with van der Waals surface area (Å²) in [6, 6.07) is 1.33. The average molecular weight is 450 g/mol. The van der Waals surface area contributed by atoms with Crippen LogP contribution in [0.25, 0.3) is 0 Å². The number of methoxy groups -OCH3 is 1. The van der Waals surface area contributed by atoms with Gasteiger partial charge in [0, 0.05) is 11.8 Å². The second kappa shape index (κ2) is 11.4. The van der Waals surface area contributed by atoms with Crippen LogP contribution in [0.15, 0.2) is 23.4 Å². The number of nitro groups is 1. The number of ether oxygens (including phenoxy) is 3. The van der Waals surface area contributed by atoms with E-state index in [4.69, 9.17) is 14.2 Å². The summed E-state index contributed by atoms with van der Waals surface area (Å²) in [6.45, 7) is 7.93. The molecule has 0 radical (unpaired) electrons.